The van der Waals surface area contributed by atoms with Crippen molar-refractivity contribution in [1.82, 2.24) is 0 Å². The number of rotatable bonds is 2. The zero-order valence-electron chi connectivity index (χ0n) is 6.46. The lowest BCUT2D eigenvalue weighted by Crippen LogP contribution is -2.04. The van der Waals surface area contributed by atoms with E-state index in [0.717, 1.165) is 6.07 Å². The molecular formula is C7H6FIN2O2. The molecule has 2 N–H and O–H groups in total. The zero-order chi connectivity index (χ0) is 10.0. The van der Waals surface area contributed by atoms with Crippen molar-refractivity contribution < 1.29 is 9.31 Å². The van der Waals surface area contributed by atoms with Crippen LogP contribution in [0.15, 0.2) is 12.1 Å². The number of hydrogen-bond donors (Lipinski definition) is 1. The Morgan fingerprint density at radius 3 is 2.69 bits per heavy atom. The molecule has 0 spiro atoms. The summed E-state index contributed by atoms with van der Waals surface area (Å²) in [7, 11) is 0. The SMILES string of the molecule is NCc1cc(I)cc(F)c1[N+](=O)[O-]. The van der Waals surface area contributed by atoms with Crippen LogP contribution in [0.4, 0.5) is 10.1 Å². The van der Waals surface area contributed by atoms with Crippen molar-refractivity contribution in [2.45, 2.75) is 6.54 Å². The molecule has 0 saturated heterocycles. The second-order valence-electron chi connectivity index (χ2n) is 2.36. The van der Waals surface area contributed by atoms with Crippen molar-refractivity contribution in [3.05, 3.63) is 37.2 Å². The molecule has 0 saturated carbocycles. The molecule has 0 amide bonds. The van der Waals surface area contributed by atoms with Gasteiger partial charge in [0, 0.05) is 15.7 Å². The van der Waals surface area contributed by atoms with Crippen LogP contribution in [0.5, 0.6) is 0 Å². The van der Waals surface area contributed by atoms with Gasteiger partial charge in [-0.2, -0.15) is 4.39 Å². The van der Waals surface area contributed by atoms with E-state index >= 15 is 0 Å². The molecule has 4 nitrogen and oxygen atoms in total. The first-order valence-corrected chi connectivity index (χ1v) is 4.46. The fraction of sp³-hybridized carbons (Fsp3) is 0.143. The Labute approximate surface area is 87.2 Å². The molecule has 1 rings (SSSR count). The lowest BCUT2D eigenvalue weighted by molar-refractivity contribution is -0.388. The quantitative estimate of drug-likeness (QED) is 0.514. The van der Waals surface area contributed by atoms with Crippen molar-refractivity contribution in [2.24, 2.45) is 5.73 Å². The Kier molecular flexibility index (Phi) is 3.15. The molecule has 1 aromatic rings. The fourth-order valence-corrected chi connectivity index (χ4v) is 1.63. The van der Waals surface area contributed by atoms with Crippen molar-refractivity contribution in [3.8, 4) is 0 Å². The highest BCUT2D eigenvalue weighted by Crippen LogP contribution is 2.24. The summed E-state index contributed by atoms with van der Waals surface area (Å²) in [6.45, 7) is -0.0376. The summed E-state index contributed by atoms with van der Waals surface area (Å²) in [5.41, 5.74) is 4.94. The summed E-state index contributed by atoms with van der Waals surface area (Å²) in [5, 5.41) is 10.4. The van der Waals surface area contributed by atoms with Gasteiger partial charge in [0.25, 0.3) is 0 Å². The lowest BCUT2D eigenvalue weighted by atomic mass is 10.2. The van der Waals surface area contributed by atoms with Crippen LogP contribution >= 0.6 is 22.6 Å². The van der Waals surface area contributed by atoms with Crippen molar-refractivity contribution >= 4 is 28.3 Å². The van der Waals surface area contributed by atoms with Crippen molar-refractivity contribution in [2.75, 3.05) is 0 Å². The third-order valence-corrected chi connectivity index (χ3v) is 2.13. The molecule has 0 bridgehead atoms. The Bertz CT molecular complexity index is 357. The Balaban J connectivity index is 3.38. The van der Waals surface area contributed by atoms with Gasteiger partial charge in [-0.15, -0.1) is 0 Å². The van der Waals surface area contributed by atoms with Gasteiger partial charge in [-0.1, -0.05) is 0 Å². The highest BCUT2D eigenvalue weighted by atomic mass is 127. The number of nitro groups is 1. The molecule has 6 heteroatoms. The van der Waals surface area contributed by atoms with Gasteiger partial charge >= 0.3 is 5.69 Å². The highest BCUT2D eigenvalue weighted by Gasteiger charge is 2.19. The van der Waals surface area contributed by atoms with Gasteiger partial charge in [-0.25, -0.2) is 0 Å². The number of halogens is 2. The van der Waals surface area contributed by atoms with Crippen LogP contribution < -0.4 is 5.73 Å². The van der Waals surface area contributed by atoms with Crippen LogP contribution in [-0.4, -0.2) is 4.92 Å². The summed E-state index contributed by atoms with van der Waals surface area (Å²) in [5.74, 6) is -0.836. The summed E-state index contributed by atoms with van der Waals surface area (Å²) >= 11 is 1.88. The molecule has 0 aromatic heterocycles. The summed E-state index contributed by atoms with van der Waals surface area (Å²) in [6, 6.07) is 2.61. The maximum absolute atomic E-state index is 13.0. The number of nitrogens with zero attached hydrogens (tertiary/aromatic N) is 1. The first kappa shape index (κ1) is 10.3. The Hall–Kier alpha value is -0.760. The maximum Gasteiger partial charge on any atom is 0.309 e. The molecule has 0 fully saturated rings. The summed E-state index contributed by atoms with van der Waals surface area (Å²) < 4.78 is 13.6. The van der Waals surface area contributed by atoms with Gasteiger partial charge in [0.05, 0.1) is 4.92 Å². The molecule has 1 aromatic carbocycles. The van der Waals surface area contributed by atoms with Crippen LogP contribution in [0.3, 0.4) is 0 Å². The van der Waals surface area contributed by atoms with E-state index in [4.69, 9.17) is 5.73 Å². The first-order valence-electron chi connectivity index (χ1n) is 3.38. The molecule has 13 heavy (non-hydrogen) atoms. The van der Waals surface area contributed by atoms with Gasteiger partial charge < -0.3 is 5.73 Å². The van der Waals surface area contributed by atoms with E-state index in [1.807, 2.05) is 22.6 Å². The highest BCUT2D eigenvalue weighted by molar-refractivity contribution is 14.1. The van der Waals surface area contributed by atoms with Crippen LogP contribution in [0.25, 0.3) is 0 Å². The summed E-state index contributed by atoms with van der Waals surface area (Å²) in [6.07, 6.45) is 0. The Morgan fingerprint density at radius 2 is 2.23 bits per heavy atom. The van der Waals surface area contributed by atoms with Crippen LogP contribution in [0.2, 0.25) is 0 Å². The van der Waals surface area contributed by atoms with E-state index in [9.17, 15) is 14.5 Å². The molecule has 0 atom stereocenters. The van der Waals surface area contributed by atoms with Crippen LogP contribution in [-0.2, 0) is 6.54 Å². The fourth-order valence-electron chi connectivity index (χ4n) is 0.979. The van der Waals surface area contributed by atoms with E-state index in [2.05, 4.69) is 0 Å². The standard InChI is InChI=1S/C7H6FIN2O2/c8-6-2-5(9)1-4(3-10)7(6)11(12)13/h1-2H,3,10H2. The van der Waals surface area contributed by atoms with Crippen molar-refractivity contribution in [3.63, 3.8) is 0 Å². The van der Waals surface area contributed by atoms with Gasteiger partial charge in [0.2, 0.25) is 5.82 Å². The van der Waals surface area contributed by atoms with Crippen molar-refractivity contribution in [1.29, 1.82) is 0 Å². The summed E-state index contributed by atoms with van der Waals surface area (Å²) in [4.78, 5) is 9.66. The minimum Gasteiger partial charge on any atom is -0.326 e. The predicted octanol–water partition coefficient (Wildman–Crippen LogP) is 1.80. The minimum absolute atomic E-state index is 0.0376. The number of hydrogen-bond acceptors (Lipinski definition) is 3. The topological polar surface area (TPSA) is 69.2 Å². The zero-order valence-corrected chi connectivity index (χ0v) is 8.62. The molecule has 0 aliphatic heterocycles. The van der Waals surface area contributed by atoms with Crippen LogP contribution in [0.1, 0.15) is 5.56 Å². The molecule has 0 radical (unpaired) electrons. The second kappa shape index (κ2) is 3.97. The van der Waals surface area contributed by atoms with Gasteiger partial charge in [0.1, 0.15) is 0 Å². The van der Waals surface area contributed by atoms with E-state index in [1.54, 1.807) is 0 Å². The average Bonchev–Trinajstić information content (AvgIpc) is 2.01. The molecule has 70 valence electrons. The van der Waals surface area contributed by atoms with Gasteiger partial charge in [-0.3, -0.25) is 10.1 Å². The largest absolute Gasteiger partial charge is 0.326 e. The van der Waals surface area contributed by atoms with E-state index in [1.165, 1.54) is 6.07 Å². The molecule has 0 aliphatic rings. The van der Waals surface area contributed by atoms with E-state index in [-0.39, 0.29) is 12.1 Å². The molecular weight excluding hydrogens is 290 g/mol. The van der Waals surface area contributed by atoms with Gasteiger partial charge in [-0.05, 0) is 34.7 Å². The second-order valence-corrected chi connectivity index (χ2v) is 3.60. The predicted molar refractivity (Wildman–Crippen MR) is 53.7 cm³/mol. The normalized spacial score (nSPS) is 10.1. The average molecular weight is 296 g/mol. The van der Waals surface area contributed by atoms with E-state index < -0.39 is 16.4 Å². The minimum atomic E-state index is -0.836. The molecule has 0 aliphatic carbocycles. The Morgan fingerprint density at radius 1 is 1.62 bits per heavy atom. The molecule has 0 heterocycles. The smallest absolute Gasteiger partial charge is 0.309 e. The maximum atomic E-state index is 13.0. The number of nitrogens with two attached hydrogens (primary N) is 1. The number of nitro benzene ring substituents is 1. The third kappa shape index (κ3) is 2.13. The molecule has 0 unspecified atom stereocenters. The van der Waals surface area contributed by atoms with Crippen LogP contribution in [0, 0.1) is 19.5 Å². The lowest BCUT2D eigenvalue weighted by Gasteiger charge is -2.01. The monoisotopic (exact) mass is 296 g/mol. The first-order chi connectivity index (χ1) is 6.06. The van der Waals surface area contributed by atoms with Gasteiger partial charge in [0.15, 0.2) is 0 Å². The third-order valence-electron chi connectivity index (χ3n) is 1.51. The van der Waals surface area contributed by atoms with E-state index in [0.29, 0.717) is 3.57 Å². The number of benzene rings is 1.